The maximum absolute atomic E-state index is 12.2. The molecule has 0 saturated carbocycles. The van der Waals surface area contributed by atoms with E-state index in [0.29, 0.717) is 17.6 Å². The second-order valence-corrected chi connectivity index (χ2v) is 5.21. The van der Waals surface area contributed by atoms with Crippen LogP contribution in [-0.4, -0.2) is 36.6 Å². The Morgan fingerprint density at radius 2 is 2.42 bits per heavy atom. The number of nitrogens with zero attached hydrogens (tertiary/aromatic N) is 1. The van der Waals surface area contributed by atoms with Gasteiger partial charge in [-0.3, -0.25) is 0 Å². The van der Waals surface area contributed by atoms with Crippen LogP contribution < -0.4 is 10.6 Å². The van der Waals surface area contributed by atoms with Gasteiger partial charge in [-0.2, -0.15) is 0 Å². The van der Waals surface area contributed by atoms with Gasteiger partial charge in [-0.1, -0.05) is 17.7 Å². The van der Waals surface area contributed by atoms with Crippen molar-refractivity contribution in [1.82, 2.24) is 10.2 Å². The molecule has 5 heteroatoms. The van der Waals surface area contributed by atoms with E-state index in [0.717, 1.165) is 25.2 Å². The number of halogens is 1. The molecular formula is C14H20ClN3O. The number of hydrogen-bond donors (Lipinski definition) is 2. The lowest BCUT2D eigenvalue weighted by atomic mass is 10.2. The van der Waals surface area contributed by atoms with Crippen molar-refractivity contribution in [2.45, 2.75) is 25.8 Å². The van der Waals surface area contributed by atoms with E-state index in [1.807, 2.05) is 24.0 Å². The SMILES string of the molecule is CCN(CC1CCCN1)C(=O)Nc1cccc(Cl)c1. The first kappa shape index (κ1) is 14.2. The van der Waals surface area contributed by atoms with Crippen LogP contribution in [0.3, 0.4) is 0 Å². The van der Waals surface area contributed by atoms with Gasteiger partial charge < -0.3 is 15.5 Å². The van der Waals surface area contributed by atoms with Crippen LogP contribution in [0.1, 0.15) is 19.8 Å². The Labute approximate surface area is 119 Å². The molecule has 2 rings (SSSR count). The normalized spacial score (nSPS) is 18.3. The highest BCUT2D eigenvalue weighted by molar-refractivity contribution is 6.30. The minimum atomic E-state index is -0.0709. The second kappa shape index (κ2) is 6.78. The molecule has 1 aromatic carbocycles. The Morgan fingerprint density at radius 1 is 1.58 bits per heavy atom. The lowest BCUT2D eigenvalue weighted by Crippen LogP contribution is -2.43. The largest absolute Gasteiger partial charge is 0.323 e. The fourth-order valence-corrected chi connectivity index (χ4v) is 2.49. The Hall–Kier alpha value is -1.26. The summed E-state index contributed by atoms with van der Waals surface area (Å²) in [4.78, 5) is 14.0. The van der Waals surface area contributed by atoms with Crippen molar-refractivity contribution in [2.75, 3.05) is 25.0 Å². The van der Waals surface area contributed by atoms with E-state index >= 15 is 0 Å². The summed E-state index contributed by atoms with van der Waals surface area (Å²) in [7, 11) is 0. The molecule has 1 aliphatic rings. The second-order valence-electron chi connectivity index (χ2n) is 4.77. The summed E-state index contributed by atoms with van der Waals surface area (Å²) in [5.74, 6) is 0. The molecule has 0 aromatic heterocycles. The van der Waals surface area contributed by atoms with Gasteiger partial charge in [0, 0.05) is 29.8 Å². The fraction of sp³-hybridized carbons (Fsp3) is 0.500. The van der Waals surface area contributed by atoms with E-state index in [1.165, 1.54) is 6.42 Å². The van der Waals surface area contributed by atoms with Crippen molar-refractivity contribution >= 4 is 23.3 Å². The van der Waals surface area contributed by atoms with Gasteiger partial charge in [-0.05, 0) is 44.5 Å². The monoisotopic (exact) mass is 281 g/mol. The predicted octanol–water partition coefficient (Wildman–Crippen LogP) is 2.95. The number of rotatable bonds is 4. The Bertz CT molecular complexity index is 432. The Morgan fingerprint density at radius 3 is 3.05 bits per heavy atom. The van der Waals surface area contributed by atoms with Crippen LogP contribution in [0.15, 0.2) is 24.3 Å². The van der Waals surface area contributed by atoms with Crippen molar-refractivity contribution < 1.29 is 4.79 Å². The minimum absolute atomic E-state index is 0.0709. The van der Waals surface area contributed by atoms with Gasteiger partial charge in [0.15, 0.2) is 0 Å². The molecule has 1 aliphatic heterocycles. The van der Waals surface area contributed by atoms with E-state index in [1.54, 1.807) is 12.1 Å². The standard InChI is InChI=1S/C14H20ClN3O/c1-2-18(10-13-7-4-8-16-13)14(19)17-12-6-3-5-11(15)9-12/h3,5-6,9,13,16H,2,4,7-8,10H2,1H3,(H,17,19). The highest BCUT2D eigenvalue weighted by atomic mass is 35.5. The smallest absolute Gasteiger partial charge is 0.321 e. The van der Waals surface area contributed by atoms with E-state index in [9.17, 15) is 4.79 Å². The molecule has 19 heavy (non-hydrogen) atoms. The number of anilines is 1. The Balaban J connectivity index is 1.92. The molecule has 1 aromatic rings. The summed E-state index contributed by atoms with van der Waals surface area (Å²) in [5.41, 5.74) is 0.732. The van der Waals surface area contributed by atoms with Gasteiger partial charge in [0.05, 0.1) is 0 Å². The Kier molecular flexibility index (Phi) is 5.05. The molecule has 0 spiro atoms. The maximum atomic E-state index is 12.2. The predicted molar refractivity (Wildman–Crippen MR) is 78.7 cm³/mol. The number of carbonyl (C=O) groups excluding carboxylic acids is 1. The van der Waals surface area contributed by atoms with E-state index < -0.39 is 0 Å². The van der Waals surface area contributed by atoms with Crippen molar-refractivity contribution in [3.63, 3.8) is 0 Å². The molecule has 104 valence electrons. The lowest BCUT2D eigenvalue weighted by molar-refractivity contribution is 0.209. The van der Waals surface area contributed by atoms with Crippen molar-refractivity contribution in [3.05, 3.63) is 29.3 Å². The highest BCUT2D eigenvalue weighted by Gasteiger charge is 2.20. The van der Waals surface area contributed by atoms with Gasteiger partial charge in [-0.15, -0.1) is 0 Å². The minimum Gasteiger partial charge on any atom is -0.323 e. The molecule has 0 bridgehead atoms. The summed E-state index contributed by atoms with van der Waals surface area (Å²) in [5, 5.41) is 6.91. The van der Waals surface area contributed by atoms with Crippen molar-refractivity contribution in [3.8, 4) is 0 Å². The first-order valence-corrected chi connectivity index (χ1v) is 7.11. The molecule has 4 nitrogen and oxygen atoms in total. The van der Waals surface area contributed by atoms with Crippen LogP contribution in [0.2, 0.25) is 5.02 Å². The van der Waals surface area contributed by atoms with E-state index in [2.05, 4.69) is 10.6 Å². The number of benzene rings is 1. The van der Waals surface area contributed by atoms with Crippen molar-refractivity contribution in [1.29, 1.82) is 0 Å². The molecule has 1 atom stereocenters. The lowest BCUT2D eigenvalue weighted by Gasteiger charge is -2.24. The third-order valence-corrected chi connectivity index (χ3v) is 3.58. The van der Waals surface area contributed by atoms with Gasteiger partial charge in [-0.25, -0.2) is 4.79 Å². The van der Waals surface area contributed by atoms with Gasteiger partial charge >= 0.3 is 6.03 Å². The average molecular weight is 282 g/mol. The van der Waals surface area contributed by atoms with Gasteiger partial charge in [0.1, 0.15) is 0 Å². The van der Waals surface area contributed by atoms with Crippen molar-refractivity contribution in [2.24, 2.45) is 0 Å². The van der Waals surface area contributed by atoms with Crippen LogP contribution >= 0.6 is 11.6 Å². The van der Waals surface area contributed by atoms with Gasteiger partial charge in [0.25, 0.3) is 0 Å². The number of hydrogen-bond acceptors (Lipinski definition) is 2. The van der Waals surface area contributed by atoms with Crippen LogP contribution in [0, 0.1) is 0 Å². The first-order chi connectivity index (χ1) is 9.19. The van der Waals surface area contributed by atoms with E-state index in [-0.39, 0.29) is 6.03 Å². The molecule has 1 unspecified atom stereocenters. The molecule has 2 amide bonds. The zero-order chi connectivity index (χ0) is 13.7. The van der Waals surface area contributed by atoms with Crippen LogP contribution in [-0.2, 0) is 0 Å². The summed E-state index contributed by atoms with van der Waals surface area (Å²) in [6.07, 6.45) is 2.33. The summed E-state index contributed by atoms with van der Waals surface area (Å²) >= 11 is 5.90. The fourth-order valence-electron chi connectivity index (χ4n) is 2.30. The molecule has 1 saturated heterocycles. The van der Waals surface area contributed by atoms with Crippen LogP contribution in [0.25, 0.3) is 0 Å². The zero-order valence-corrected chi connectivity index (χ0v) is 11.9. The zero-order valence-electron chi connectivity index (χ0n) is 11.2. The maximum Gasteiger partial charge on any atom is 0.321 e. The quantitative estimate of drug-likeness (QED) is 0.891. The number of nitrogens with one attached hydrogen (secondary N) is 2. The molecule has 1 heterocycles. The first-order valence-electron chi connectivity index (χ1n) is 6.74. The topological polar surface area (TPSA) is 44.4 Å². The highest BCUT2D eigenvalue weighted by Crippen LogP contribution is 2.15. The van der Waals surface area contributed by atoms with Crippen LogP contribution in [0.4, 0.5) is 10.5 Å². The number of carbonyl (C=O) groups is 1. The van der Waals surface area contributed by atoms with Gasteiger partial charge in [0.2, 0.25) is 0 Å². The molecule has 0 aliphatic carbocycles. The number of likely N-dealkylation sites (N-methyl/N-ethyl adjacent to an activating group) is 1. The molecular weight excluding hydrogens is 262 g/mol. The van der Waals surface area contributed by atoms with E-state index in [4.69, 9.17) is 11.6 Å². The molecule has 2 N–H and O–H groups in total. The van der Waals surface area contributed by atoms with Crippen LogP contribution in [0.5, 0.6) is 0 Å². The average Bonchev–Trinajstić information content (AvgIpc) is 2.88. The summed E-state index contributed by atoms with van der Waals surface area (Å²) in [6.45, 7) is 4.50. The third kappa shape index (κ3) is 4.11. The number of amides is 2. The summed E-state index contributed by atoms with van der Waals surface area (Å²) in [6, 6.07) is 7.56. The molecule has 1 fully saturated rings. The summed E-state index contributed by atoms with van der Waals surface area (Å²) < 4.78 is 0. The molecule has 0 radical (unpaired) electrons. The number of urea groups is 1. The third-order valence-electron chi connectivity index (χ3n) is 3.35.